The van der Waals surface area contributed by atoms with Gasteiger partial charge in [-0.1, -0.05) is 35.3 Å². The Kier molecular flexibility index (Phi) is 49.5. The molecule has 17 nitrogen and oxygen atoms in total. The molecule has 0 saturated carbocycles. The Balaban J connectivity index is -0.000000475. The molecule has 5 radical (unpaired) electrons. The van der Waals surface area contributed by atoms with Gasteiger partial charge >= 0.3 is 106 Å². The van der Waals surface area contributed by atoms with Gasteiger partial charge < -0.3 is 59.9 Å². The minimum absolute atomic E-state index is 0. The van der Waals surface area contributed by atoms with Crippen LogP contribution in [0.25, 0.3) is 22.3 Å². The van der Waals surface area contributed by atoms with Gasteiger partial charge in [0.25, 0.3) is 29.6 Å². The molecule has 0 fully saturated rings. The van der Waals surface area contributed by atoms with E-state index in [0.29, 0.717) is 40.5 Å². The van der Waals surface area contributed by atoms with Gasteiger partial charge in [-0.25, -0.2) is 43.9 Å². The van der Waals surface area contributed by atoms with Crippen molar-refractivity contribution in [3.63, 3.8) is 0 Å². The molecule has 771 valence electrons. The van der Waals surface area contributed by atoms with Crippen LogP contribution < -0.4 is 0 Å². The smallest absolute Gasteiger partial charge is 0.378 e. The standard InChI is InChI=1S/2C11H4F8N.C10H5F8N2.C10H4F6N.C9H7F6N2.C6H10O2.4C5H8O2.5Ir/c2*12-8(13)5-6(7-3-1-2-4-20-7)9(14,15)11(18,19)10(8,16)17;1-20-3-2-19-6(20)5-4-7(11,12)9(15,16)10(17,18)8(5,13)14;11-8(12)5-6(7-3-1-2-4-17-7)9(13,14)10(8,15)16;1-17-3-2-16-6(17)5-4-7(10,11)9(14,15)8(5,12)13;1-4(5(2)7)6(3)8;4*1-4(6)3-5(2)7;;;;;/h2*1-4H;2-3H,1H3;1-4H;2-3H2,1H3;7H,1-3H3;4*3,6H,1-2H3;;;;;/q5*-1;;;;;;;;;;/p+5. The molecule has 0 spiro atoms. The quantitative estimate of drug-likeness (QED) is 0.0329. The van der Waals surface area contributed by atoms with Gasteiger partial charge in [0.2, 0.25) is 0 Å². The summed E-state index contributed by atoms with van der Waals surface area (Å²) in [6, 6.07) is 9.44. The summed E-state index contributed by atoms with van der Waals surface area (Å²) in [6.45, 7) is 17.0. The summed E-state index contributed by atoms with van der Waals surface area (Å²) in [7, 11) is 2.36. The normalized spacial score (nSPS) is 21.4. The molecule has 4 aromatic heterocycles. The number of hydrogen-bond acceptors (Lipinski definition) is 11. The minimum Gasteiger partial charge on any atom is -0.512 e. The Labute approximate surface area is 807 Å². The van der Waals surface area contributed by atoms with Crippen LogP contribution in [0.4, 0.5) is 158 Å². The van der Waals surface area contributed by atoms with E-state index < -0.39 is 163 Å². The number of imidazole rings is 1. The van der Waals surface area contributed by atoms with Crippen molar-refractivity contribution in [1.82, 2.24) is 29.4 Å². The minimum atomic E-state index is -6.28. The van der Waals surface area contributed by atoms with Crippen LogP contribution in [0, 0.1) is 30.4 Å². The molecular formula is C77H71F36Ir5N7O10. The maximum absolute atomic E-state index is 13.5. The van der Waals surface area contributed by atoms with E-state index in [9.17, 15) is 158 Å². The second-order valence-electron chi connectivity index (χ2n) is 27.0. The molecule has 6 aliphatic rings. The van der Waals surface area contributed by atoms with Crippen LogP contribution in [0.1, 0.15) is 99.1 Å². The fourth-order valence-corrected chi connectivity index (χ4v) is 9.41. The number of carbonyl (C=O) groups excluding carboxylic acids is 5. The molecule has 135 heavy (non-hydrogen) atoms. The predicted molar refractivity (Wildman–Crippen MR) is 393 cm³/mol. The van der Waals surface area contributed by atoms with Gasteiger partial charge in [0.15, 0.2) is 0 Å². The SMILES string of the molecule is CC(=[OH+])C(C)=C(C)O.CC(=[OH+])C=C(C)O.CC(=[OH+])C=C(C)O.CC(=[OH+])C=C(C)O.CC(=[OH+])C=C(C)O.CN1CCN=C1C1=[C-]C(F)(F)C(F)(F)C1(F)F.Cn1ccnc1C1=[C-]C(F)(F)C(F)(F)C(F)(F)C1(F)F.FC1(F)[C-]=C(c2ccccn2)C(F)(F)C(F)(F)C1(F)F.FC1(F)[C-]=C(c2ccccn2)C(F)(F)C(F)(F)C1(F)F.FC1(F)[C-]=C(c2ccccn2)C(F)(F)C1(F)F.[Ir].[Ir].[Ir].[Ir].[Ir]. The molecule has 10 N–H and O–H groups in total. The molecule has 1 aliphatic heterocycles. The van der Waals surface area contributed by atoms with E-state index in [-0.39, 0.29) is 171 Å². The van der Waals surface area contributed by atoms with Crippen molar-refractivity contribution in [2.24, 2.45) is 12.0 Å². The van der Waals surface area contributed by atoms with Crippen molar-refractivity contribution >= 4 is 57.0 Å². The van der Waals surface area contributed by atoms with E-state index in [2.05, 4.69) is 24.9 Å². The van der Waals surface area contributed by atoms with Gasteiger partial charge in [-0.2, -0.15) is 145 Å². The number of aliphatic hydroxyl groups excluding tert-OH is 5. The van der Waals surface area contributed by atoms with E-state index in [1.165, 1.54) is 125 Å². The van der Waals surface area contributed by atoms with Crippen LogP contribution in [-0.2, 0) is 108 Å². The van der Waals surface area contributed by atoms with Crippen molar-refractivity contribution in [1.29, 1.82) is 0 Å². The molecule has 0 bridgehead atoms. The molecule has 0 aromatic carbocycles. The van der Waals surface area contributed by atoms with Gasteiger partial charge in [-0.3, -0.25) is 24.0 Å². The number of aliphatic hydroxyl groups is 5. The molecule has 10 rings (SSSR count). The summed E-state index contributed by atoms with van der Waals surface area (Å²) in [5, 5.41) is 42.3. The number of halogens is 36. The Hall–Kier alpha value is -8.39. The summed E-state index contributed by atoms with van der Waals surface area (Å²) in [5.74, 6) is -102. The zero-order valence-electron chi connectivity index (χ0n) is 69.7. The van der Waals surface area contributed by atoms with Gasteiger partial charge in [0, 0.05) is 145 Å². The number of alkyl halides is 36. The number of ketones is 5. The summed E-state index contributed by atoms with van der Waals surface area (Å²) in [4.78, 5) is 59.8. The second kappa shape index (κ2) is 49.4. The number of pyridine rings is 3. The van der Waals surface area contributed by atoms with Crippen LogP contribution in [0.3, 0.4) is 0 Å². The van der Waals surface area contributed by atoms with Crippen molar-refractivity contribution in [2.75, 3.05) is 20.1 Å². The van der Waals surface area contributed by atoms with E-state index in [1.807, 2.05) is 0 Å². The first-order chi connectivity index (χ1) is 58.1. The number of allylic oxidation sites excluding steroid dienone is 19. The second-order valence-corrected chi connectivity index (χ2v) is 27.0. The third kappa shape index (κ3) is 30.3. The van der Waals surface area contributed by atoms with Crippen molar-refractivity contribution < 1.29 is 308 Å². The zero-order chi connectivity index (χ0) is 102. The first-order valence-electron chi connectivity index (χ1n) is 34.7. The van der Waals surface area contributed by atoms with Crippen LogP contribution in [-0.4, -0.2) is 240 Å². The van der Waals surface area contributed by atoms with Crippen molar-refractivity contribution in [3.8, 4) is 0 Å². The van der Waals surface area contributed by atoms with Crippen molar-refractivity contribution in [3.05, 3.63) is 203 Å². The fourth-order valence-electron chi connectivity index (χ4n) is 9.41. The summed E-state index contributed by atoms with van der Waals surface area (Å²) < 4.78 is 471. The van der Waals surface area contributed by atoms with Gasteiger partial charge in [0.1, 0.15) is 5.76 Å². The number of likely N-dealkylation sites (N-methyl/N-ethyl adjacent to an activating group) is 1. The largest absolute Gasteiger partial charge is 0.512 e. The maximum atomic E-state index is 13.5. The molecular weight excluding hydrogens is 2830 g/mol. The number of aryl methyl sites for hydroxylation is 1. The van der Waals surface area contributed by atoms with E-state index in [0.717, 1.165) is 73.3 Å². The molecule has 58 heteroatoms. The molecule has 0 amide bonds. The predicted octanol–water partition coefficient (Wildman–Crippen LogP) is 21.4. The summed E-state index contributed by atoms with van der Waals surface area (Å²) >= 11 is 0. The molecule has 0 saturated heterocycles. The number of aliphatic imine (C=N–C) groups is 1. The van der Waals surface area contributed by atoms with Crippen LogP contribution >= 0.6 is 0 Å². The summed E-state index contributed by atoms with van der Waals surface area (Å²) in [6.07, 6.45) is 12.9. The third-order valence-electron chi connectivity index (χ3n) is 16.0. The average Bonchev–Trinajstić information content (AvgIpc) is 1.55. The van der Waals surface area contributed by atoms with E-state index >= 15 is 0 Å². The zero-order valence-corrected chi connectivity index (χ0v) is 81.7. The molecule has 5 heterocycles. The Morgan fingerprint density at radius 2 is 0.548 bits per heavy atom. The topological polar surface area (TPSA) is 280 Å². The Bertz CT molecular complexity index is 4850. The van der Waals surface area contributed by atoms with Crippen LogP contribution in [0.15, 0.2) is 155 Å². The number of amidine groups is 1. The Morgan fingerprint density at radius 1 is 0.319 bits per heavy atom. The van der Waals surface area contributed by atoms with Crippen molar-refractivity contribution in [2.45, 2.75) is 183 Å². The first-order valence-corrected chi connectivity index (χ1v) is 34.7. The number of aromatic nitrogens is 5. The van der Waals surface area contributed by atoms with E-state index in [4.69, 9.17) is 49.5 Å². The van der Waals surface area contributed by atoms with Gasteiger partial charge in [-0.15, -0.1) is 46.1 Å². The number of hydrogen-bond donors (Lipinski definition) is 5. The molecule has 4 aromatic rings. The molecule has 0 atom stereocenters. The number of rotatable bonds is 10. The monoisotopic (exact) mass is 2900 g/mol. The summed E-state index contributed by atoms with van der Waals surface area (Å²) in [5.41, 5.74) is -11.3. The van der Waals surface area contributed by atoms with E-state index in [1.54, 1.807) is 6.92 Å². The molecule has 5 aliphatic carbocycles. The third-order valence-corrected chi connectivity index (χ3v) is 16.0. The van der Waals surface area contributed by atoms with Gasteiger partial charge in [-0.05, 0) is 85.5 Å². The van der Waals surface area contributed by atoms with Crippen LogP contribution in [0.2, 0.25) is 0 Å². The maximum Gasteiger partial charge on any atom is 0.378 e. The van der Waals surface area contributed by atoms with Gasteiger partial charge in [0.05, 0.1) is 87.5 Å². The first kappa shape index (κ1) is 135. The Morgan fingerprint density at radius 3 is 0.711 bits per heavy atom. The average molecular weight is 2900 g/mol. The number of nitrogens with zero attached hydrogens (tertiary/aromatic N) is 7. The molecule has 0 unspecified atom stereocenters. The van der Waals surface area contributed by atoms with Crippen LogP contribution in [0.5, 0.6) is 0 Å². The fraction of sp³-hybridized carbons (Fsp3) is 0.429.